The van der Waals surface area contributed by atoms with Crippen molar-refractivity contribution in [1.82, 2.24) is 5.32 Å². The van der Waals surface area contributed by atoms with Crippen molar-refractivity contribution < 1.29 is 4.79 Å². The predicted octanol–water partition coefficient (Wildman–Crippen LogP) is 2.85. The summed E-state index contributed by atoms with van der Waals surface area (Å²) in [7, 11) is 0. The lowest BCUT2D eigenvalue weighted by Crippen LogP contribution is -2.28. The predicted molar refractivity (Wildman–Crippen MR) is 93.5 cm³/mol. The molecule has 4 heteroatoms. The maximum absolute atomic E-state index is 10.8. The van der Waals surface area contributed by atoms with Crippen molar-refractivity contribution >= 4 is 11.7 Å². The second-order valence-electron chi connectivity index (χ2n) is 6.01. The van der Waals surface area contributed by atoms with Gasteiger partial charge in [0, 0.05) is 25.3 Å². The van der Waals surface area contributed by atoms with Crippen LogP contribution in [0.2, 0.25) is 0 Å². The van der Waals surface area contributed by atoms with Gasteiger partial charge >= 0.3 is 6.03 Å². The van der Waals surface area contributed by atoms with Crippen molar-refractivity contribution in [1.29, 1.82) is 0 Å². The van der Waals surface area contributed by atoms with Crippen molar-refractivity contribution in [3.05, 3.63) is 65.2 Å². The molecule has 3 rings (SSSR count). The summed E-state index contributed by atoms with van der Waals surface area (Å²) >= 11 is 0. The minimum Gasteiger partial charge on any atom is -0.371 e. The average Bonchev–Trinajstić information content (AvgIpc) is 2.96. The van der Waals surface area contributed by atoms with Gasteiger partial charge in [-0.15, -0.1) is 0 Å². The Morgan fingerprint density at radius 1 is 1.13 bits per heavy atom. The molecule has 4 nitrogen and oxygen atoms in total. The Morgan fingerprint density at radius 2 is 1.96 bits per heavy atom. The molecule has 0 bridgehead atoms. The number of hydrogen-bond donors (Lipinski definition) is 2. The molecule has 1 heterocycles. The Balaban J connectivity index is 1.55. The van der Waals surface area contributed by atoms with Crippen LogP contribution in [0.1, 0.15) is 23.1 Å². The molecule has 23 heavy (non-hydrogen) atoms. The quantitative estimate of drug-likeness (QED) is 0.862. The number of aryl methyl sites for hydroxylation is 1. The summed E-state index contributed by atoms with van der Waals surface area (Å²) in [6.45, 7) is 2.66. The number of hydrogen-bond acceptors (Lipinski definition) is 2. The molecule has 3 N–H and O–H groups in total. The molecule has 2 amide bonds. The van der Waals surface area contributed by atoms with E-state index in [0.29, 0.717) is 6.54 Å². The molecule has 0 atom stereocenters. The zero-order valence-electron chi connectivity index (χ0n) is 13.3. The van der Waals surface area contributed by atoms with Gasteiger partial charge in [0.25, 0.3) is 0 Å². The highest BCUT2D eigenvalue weighted by Crippen LogP contribution is 2.29. The molecular weight excluding hydrogens is 286 g/mol. The third-order valence-electron chi connectivity index (χ3n) is 4.34. The number of fused-ring (bicyclic) bond motifs is 1. The summed E-state index contributed by atoms with van der Waals surface area (Å²) in [6, 6.07) is 16.6. The molecule has 0 saturated carbocycles. The highest BCUT2D eigenvalue weighted by atomic mass is 16.2. The molecule has 0 saturated heterocycles. The third-order valence-corrected chi connectivity index (χ3v) is 4.34. The van der Waals surface area contributed by atoms with Crippen LogP contribution >= 0.6 is 0 Å². The molecule has 2 aromatic rings. The molecule has 1 aliphatic heterocycles. The number of primary amides is 1. The fraction of sp³-hybridized carbons (Fsp3) is 0.316. The summed E-state index contributed by atoms with van der Waals surface area (Å²) in [5.74, 6) is 0. The van der Waals surface area contributed by atoms with Gasteiger partial charge in [-0.2, -0.15) is 0 Å². The Labute approximate surface area is 137 Å². The second-order valence-corrected chi connectivity index (χ2v) is 6.01. The Hall–Kier alpha value is -2.49. The van der Waals surface area contributed by atoms with E-state index < -0.39 is 6.03 Å². The van der Waals surface area contributed by atoms with Gasteiger partial charge in [-0.1, -0.05) is 42.5 Å². The van der Waals surface area contributed by atoms with E-state index in [2.05, 4.69) is 58.7 Å². The maximum Gasteiger partial charge on any atom is 0.312 e. The zero-order chi connectivity index (χ0) is 16.1. The van der Waals surface area contributed by atoms with Gasteiger partial charge in [0.15, 0.2) is 0 Å². The highest BCUT2D eigenvalue weighted by molar-refractivity contribution is 5.71. The lowest BCUT2D eigenvalue weighted by Gasteiger charge is -2.19. The van der Waals surface area contributed by atoms with Crippen LogP contribution in [0.15, 0.2) is 48.5 Å². The number of nitrogens with one attached hydrogen (secondary N) is 1. The third kappa shape index (κ3) is 4.03. The van der Waals surface area contributed by atoms with Gasteiger partial charge in [0.1, 0.15) is 0 Å². The van der Waals surface area contributed by atoms with E-state index in [9.17, 15) is 4.79 Å². The number of carbonyl (C=O) groups excluding carboxylic acids is 1. The average molecular weight is 309 g/mol. The van der Waals surface area contributed by atoms with E-state index >= 15 is 0 Å². The normalized spacial score (nSPS) is 13.0. The van der Waals surface area contributed by atoms with E-state index in [4.69, 9.17) is 5.73 Å². The van der Waals surface area contributed by atoms with E-state index in [1.54, 1.807) is 0 Å². The van der Waals surface area contributed by atoms with E-state index in [-0.39, 0.29) is 0 Å². The first-order chi connectivity index (χ1) is 11.2. The van der Waals surface area contributed by atoms with Crippen molar-refractivity contribution in [3.63, 3.8) is 0 Å². The molecule has 0 fully saturated rings. The molecule has 1 aliphatic rings. The van der Waals surface area contributed by atoms with Gasteiger partial charge in [-0.25, -0.2) is 4.79 Å². The SMILES string of the molecule is NC(=O)NCc1ccc2c(c1)CCN2CCCc1ccccc1. The Bertz CT molecular complexity index is 670. The van der Waals surface area contributed by atoms with Crippen molar-refractivity contribution in [2.45, 2.75) is 25.8 Å². The first kappa shape index (κ1) is 15.4. The fourth-order valence-electron chi connectivity index (χ4n) is 3.17. The van der Waals surface area contributed by atoms with Gasteiger partial charge in [-0.3, -0.25) is 0 Å². The maximum atomic E-state index is 10.8. The topological polar surface area (TPSA) is 58.4 Å². The summed E-state index contributed by atoms with van der Waals surface area (Å²) in [4.78, 5) is 13.3. The number of rotatable bonds is 6. The number of urea groups is 1. The minimum atomic E-state index is -0.479. The number of benzene rings is 2. The van der Waals surface area contributed by atoms with Gasteiger partial charge in [0.2, 0.25) is 0 Å². The summed E-state index contributed by atoms with van der Waals surface area (Å²) in [6.07, 6.45) is 3.35. The minimum absolute atomic E-state index is 0.479. The number of nitrogens with zero attached hydrogens (tertiary/aromatic N) is 1. The number of nitrogens with two attached hydrogens (primary N) is 1. The van der Waals surface area contributed by atoms with Crippen LogP contribution in [-0.4, -0.2) is 19.1 Å². The van der Waals surface area contributed by atoms with E-state index in [1.807, 2.05) is 0 Å². The van der Waals surface area contributed by atoms with E-state index in [0.717, 1.165) is 37.9 Å². The monoisotopic (exact) mass is 309 g/mol. The molecule has 120 valence electrons. The molecule has 0 unspecified atom stereocenters. The molecule has 0 radical (unpaired) electrons. The van der Waals surface area contributed by atoms with E-state index in [1.165, 1.54) is 16.8 Å². The van der Waals surface area contributed by atoms with Gasteiger partial charge in [-0.05, 0) is 42.0 Å². The summed E-state index contributed by atoms with van der Waals surface area (Å²) in [5, 5.41) is 2.64. The van der Waals surface area contributed by atoms with Crippen LogP contribution < -0.4 is 16.0 Å². The van der Waals surface area contributed by atoms with Crippen molar-refractivity contribution in [2.24, 2.45) is 5.73 Å². The number of anilines is 1. The Kier molecular flexibility index (Phi) is 4.81. The van der Waals surface area contributed by atoms with Crippen molar-refractivity contribution in [3.8, 4) is 0 Å². The lowest BCUT2D eigenvalue weighted by molar-refractivity contribution is 0.248. The fourth-order valence-corrected chi connectivity index (χ4v) is 3.17. The number of amides is 2. The van der Waals surface area contributed by atoms with Gasteiger partial charge < -0.3 is 16.0 Å². The van der Waals surface area contributed by atoms with Crippen LogP contribution in [0.4, 0.5) is 10.5 Å². The van der Waals surface area contributed by atoms with Crippen LogP contribution in [0.5, 0.6) is 0 Å². The molecular formula is C19H23N3O. The Morgan fingerprint density at radius 3 is 2.74 bits per heavy atom. The number of carbonyl (C=O) groups is 1. The molecule has 0 spiro atoms. The van der Waals surface area contributed by atoms with Crippen LogP contribution in [0.3, 0.4) is 0 Å². The van der Waals surface area contributed by atoms with Gasteiger partial charge in [0.05, 0.1) is 0 Å². The zero-order valence-corrected chi connectivity index (χ0v) is 13.3. The standard InChI is InChI=1S/C19H23N3O/c20-19(23)21-14-16-8-9-18-17(13-16)10-12-22(18)11-4-7-15-5-2-1-3-6-15/h1-3,5-6,8-9,13H,4,7,10-12,14H2,(H3,20,21,23). The molecule has 0 aliphatic carbocycles. The summed E-state index contributed by atoms with van der Waals surface area (Å²) in [5.41, 5.74) is 10.3. The first-order valence-corrected chi connectivity index (χ1v) is 8.16. The molecule has 2 aromatic carbocycles. The first-order valence-electron chi connectivity index (χ1n) is 8.16. The van der Waals surface area contributed by atoms with Crippen molar-refractivity contribution in [2.75, 3.05) is 18.0 Å². The lowest BCUT2D eigenvalue weighted by atomic mass is 10.1. The van der Waals surface area contributed by atoms with Crippen LogP contribution in [0, 0.1) is 0 Å². The van der Waals surface area contributed by atoms with Crippen LogP contribution in [0.25, 0.3) is 0 Å². The largest absolute Gasteiger partial charge is 0.371 e. The molecule has 0 aromatic heterocycles. The second kappa shape index (κ2) is 7.18. The smallest absolute Gasteiger partial charge is 0.312 e. The van der Waals surface area contributed by atoms with Crippen LogP contribution in [-0.2, 0) is 19.4 Å². The highest BCUT2D eigenvalue weighted by Gasteiger charge is 2.18. The summed E-state index contributed by atoms with van der Waals surface area (Å²) < 4.78 is 0.